The zero-order chi connectivity index (χ0) is 24.8. The third-order valence-electron chi connectivity index (χ3n) is 5.68. The molecule has 3 rings (SSSR count). The number of aromatic amines is 1. The van der Waals surface area contributed by atoms with Crippen LogP contribution in [0.4, 0.5) is 0 Å². The molecule has 2 atom stereocenters. The Labute approximate surface area is 198 Å². The van der Waals surface area contributed by atoms with E-state index >= 15 is 0 Å². The number of rotatable bonds is 10. The number of Topliss-reactive ketones (excluding diaryl/α,β-unsaturated/α-hetero) is 1. The van der Waals surface area contributed by atoms with Crippen molar-refractivity contribution in [3.8, 4) is 17.5 Å². The molecule has 6 N–H and O–H groups in total. The van der Waals surface area contributed by atoms with E-state index in [9.17, 15) is 19.8 Å². The van der Waals surface area contributed by atoms with Crippen molar-refractivity contribution in [1.29, 1.82) is 0 Å². The molecule has 180 valence electrons. The van der Waals surface area contributed by atoms with E-state index in [0.717, 1.165) is 11.1 Å². The summed E-state index contributed by atoms with van der Waals surface area (Å²) in [4.78, 5) is 28.0. The maximum Gasteiger partial charge on any atom is 0.222 e. The number of ether oxygens (including phenoxy) is 1. The summed E-state index contributed by atoms with van der Waals surface area (Å²) in [6.07, 6.45) is -0.0237. The van der Waals surface area contributed by atoms with Gasteiger partial charge < -0.3 is 26.0 Å². The quantitative estimate of drug-likeness (QED) is 0.289. The molecule has 1 amide bonds. The predicted octanol–water partition coefficient (Wildman–Crippen LogP) is 3.73. The molecule has 0 bridgehead atoms. The SMILES string of the molecule is Cc1c(O)[nH]c(O)c1C(=O)[C@@H](NC(=O)CC(N)c1ccc(OCc2ccccc2)cc1)C(C)C. The molecule has 8 nitrogen and oxygen atoms in total. The van der Waals surface area contributed by atoms with Gasteiger partial charge in [0.25, 0.3) is 0 Å². The highest BCUT2D eigenvalue weighted by Gasteiger charge is 2.31. The lowest BCUT2D eigenvalue weighted by atomic mass is 9.93. The summed E-state index contributed by atoms with van der Waals surface area (Å²) >= 11 is 0. The second-order valence-corrected chi connectivity index (χ2v) is 8.63. The van der Waals surface area contributed by atoms with Crippen molar-refractivity contribution in [2.45, 2.75) is 45.9 Å². The summed E-state index contributed by atoms with van der Waals surface area (Å²) in [6, 6.07) is 15.6. The number of hydrogen-bond donors (Lipinski definition) is 5. The van der Waals surface area contributed by atoms with Gasteiger partial charge in [-0.05, 0) is 36.1 Å². The van der Waals surface area contributed by atoms with E-state index in [0.29, 0.717) is 12.4 Å². The van der Waals surface area contributed by atoms with E-state index in [1.807, 2.05) is 42.5 Å². The number of benzene rings is 2. The van der Waals surface area contributed by atoms with Crippen LogP contribution in [-0.2, 0) is 11.4 Å². The molecular weight excluding hydrogens is 434 g/mol. The largest absolute Gasteiger partial charge is 0.494 e. The smallest absolute Gasteiger partial charge is 0.222 e. The molecule has 0 radical (unpaired) electrons. The fourth-order valence-corrected chi connectivity index (χ4v) is 3.66. The number of ketones is 1. The lowest BCUT2D eigenvalue weighted by Gasteiger charge is -2.22. The first-order valence-corrected chi connectivity index (χ1v) is 11.1. The Kier molecular flexibility index (Phi) is 7.96. The Hall–Kier alpha value is -3.78. The Bertz CT molecular complexity index is 1120. The van der Waals surface area contributed by atoms with Crippen LogP contribution in [0.3, 0.4) is 0 Å². The van der Waals surface area contributed by atoms with E-state index in [2.05, 4.69) is 10.3 Å². The Balaban J connectivity index is 1.59. The second-order valence-electron chi connectivity index (χ2n) is 8.63. The van der Waals surface area contributed by atoms with Crippen molar-refractivity contribution in [3.05, 3.63) is 76.9 Å². The van der Waals surface area contributed by atoms with E-state index in [1.165, 1.54) is 6.92 Å². The highest BCUT2D eigenvalue weighted by atomic mass is 16.5. The first kappa shape index (κ1) is 24.9. The molecule has 0 aliphatic heterocycles. The molecule has 34 heavy (non-hydrogen) atoms. The van der Waals surface area contributed by atoms with E-state index < -0.39 is 23.7 Å². The number of nitrogens with one attached hydrogen (secondary N) is 2. The molecule has 2 aromatic carbocycles. The number of aromatic hydroxyl groups is 2. The molecule has 0 saturated carbocycles. The van der Waals surface area contributed by atoms with Gasteiger partial charge in [0.05, 0.1) is 11.6 Å². The molecule has 3 aromatic rings. The molecule has 0 aliphatic carbocycles. The number of aromatic nitrogens is 1. The number of carbonyl (C=O) groups is 2. The summed E-state index contributed by atoms with van der Waals surface area (Å²) in [5.41, 5.74) is 8.26. The summed E-state index contributed by atoms with van der Waals surface area (Å²) in [6.45, 7) is 5.54. The van der Waals surface area contributed by atoms with Gasteiger partial charge in [0.1, 0.15) is 12.4 Å². The lowest BCUT2D eigenvalue weighted by Crippen LogP contribution is -2.45. The highest BCUT2D eigenvalue weighted by molar-refractivity contribution is 6.05. The molecule has 0 aliphatic rings. The summed E-state index contributed by atoms with van der Waals surface area (Å²) in [5, 5.41) is 22.5. The third kappa shape index (κ3) is 5.96. The molecule has 1 heterocycles. The minimum absolute atomic E-state index is 0.0237. The fourth-order valence-electron chi connectivity index (χ4n) is 3.66. The number of amides is 1. The number of H-pyrrole nitrogens is 1. The van der Waals surface area contributed by atoms with Crippen molar-refractivity contribution < 1.29 is 24.5 Å². The van der Waals surface area contributed by atoms with E-state index in [4.69, 9.17) is 10.5 Å². The normalized spacial score (nSPS) is 12.9. The molecule has 0 saturated heterocycles. The number of hydrogen-bond acceptors (Lipinski definition) is 6. The molecule has 0 fully saturated rings. The monoisotopic (exact) mass is 465 g/mol. The van der Waals surface area contributed by atoms with Gasteiger partial charge in [-0.1, -0.05) is 56.3 Å². The first-order valence-electron chi connectivity index (χ1n) is 11.1. The Morgan fingerprint density at radius 3 is 2.24 bits per heavy atom. The van der Waals surface area contributed by atoms with Crippen LogP contribution in [0.15, 0.2) is 54.6 Å². The molecule has 1 aromatic heterocycles. The third-order valence-corrected chi connectivity index (χ3v) is 5.68. The van der Waals surface area contributed by atoms with Gasteiger partial charge in [-0.3, -0.25) is 14.6 Å². The number of nitrogens with two attached hydrogens (primary N) is 1. The molecular formula is C26H31N3O5. The van der Waals surface area contributed by atoms with Crippen LogP contribution in [0.5, 0.6) is 17.5 Å². The zero-order valence-corrected chi connectivity index (χ0v) is 19.5. The number of carbonyl (C=O) groups excluding carboxylic acids is 2. The highest BCUT2D eigenvalue weighted by Crippen LogP contribution is 2.30. The van der Waals surface area contributed by atoms with Crippen LogP contribution in [-0.4, -0.2) is 32.9 Å². The van der Waals surface area contributed by atoms with Gasteiger partial charge in [-0.25, -0.2) is 0 Å². The Morgan fingerprint density at radius 1 is 1.03 bits per heavy atom. The van der Waals surface area contributed by atoms with Crippen LogP contribution in [0.2, 0.25) is 0 Å². The van der Waals surface area contributed by atoms with E-state index in [-0.39, 0.29) is 35.3 Å². The van der Waals surface area contributed by atoms with Gasteiger partial charge in [0, 0.05) is 18.0 Å². The lowest BCUT2D eigenvalue weighted by molar-refractivity contribution is -0.122. The van der Waals surface area contributed by atoms with Crippen molar-refractivity contribution >= 4 is 11.7 Å². The maximum absolute atomic E-state index is 13.0. The van der Waals surface area contributed by atoms with Gasteiger partial charge in [-0.15, -0.1) is 0 Å². The van der Waals surface area contributed by atoms with Crippen LogP contribution in [0.1, 0.15) is 53.4 Å². The average Bonchev–Trinajstić information content (AvgIpc) is 3.07. The van der Waals surface area contributed by atoms with Gasteiger partial charge in [0.15, 0.2) is 11.7 Å². The van der Waals surface area contributed by atoms with Gasteiger partial charge in [-0.2, -0.15) is 0 Å². The van der Waals surface area contributed by atoms with Crippen molar-refractivity contribution in [2.24, 2.45) is 11.7 Å². The summed E-state index contributed by atoms with van der Waals surface area (Å²) in [5.74, 6) is -1.13. The van der Waals surface area contributed by atoms with Crippen molar-refractivity contribution in [3.63, 3.8) is 0 Å². The Morgan fingerprint density at radius 2 is 1.68 bits per heavy atom. The summed E-state index contributed by atoms with van der Waals surface area (Å²) < 4.78 is 5.78. The van der Waals surface area contributed by atoms with Gasteiger partial charge >= 0.3 is 0 Å². The molecule has 0 spiro atoms. The molecule has 8 heteroatoms. The predicted molar refractivity (Wildman–Crippen MR) is 129 cm³/mol. The van der Waals surface area contributed by atoms with Crippen molar-refractivity contribution in [1.82, 2.24) is 10.3 Å². The van der Waals surface area contributed by atoms with Crippen LogP contribution < -0.4 is 15.8 Å². The topological polar surface area (TPSA) is 138 Å². The molecule has 1 unspecified atom stereocenters. The first-order chi connectivity index (χ1) is 16.2. The van der Waals surface area contributed by atoms with Crippen LogP contribution in [0, 0.1) is 12.8 Å². The second kappa shape index (κ2) is 10.9. The minimum Gasteiger partial charge on any atom is -0.494 e. The zero-order valence-electron chi connectivity index (χ0n) is 19.5. The van der Waals surface area contributed by atoms with Crippen LogP contribution in [0.25, 0.3) is 0 Å². The summed E-state index contributed by atoms with van der Waals surface area (Å²) in [7, 11) is 0. The maximum atomic E-state index is 13.0. The van der Waals surface area contributed by atoms with Crippen molar-refractivity contribution in [2.75, 3.05) is 0 Å². The average molecular weight is 466 g/mol. The van der Waals surface area contributed by atoms with E-state index in [1.54, 1.807) is 26.0 Å². The minimum atomic E-state index is -0.881. The standard InChI is InChI=1S/C26H31N3O5/c1-15(2)23(24(31)22-16(3)25(32)29-26(22)33)28-21(30)13-20(27)18-9-11-19(12-10-18)34-14-17-7-5-4-6-8-17/h4-12,15,20,23,29,32-33H,13-14,27H2,1-3H3,(H,28,30)/t20?,23-/m0/s1. The fraction of sp³-hybridized carbons (Fsp3) is 0.308. The van der Waals surface area contributed by atoms with Crippen LogP contribution >= 0.6 is 0 Å². The van der Waals surface area contributed by atoms with Gasteiger partial charge in [0.2, 0.25) is 11.8 Å².